The summed E-state index contributed by atoms with van der Waals surface area (Å²) in [6.45, 7) is 0. The Hall–Kier alpha value is -2.65. The number of aliphatic hydroxyl groups excluding tert-OH is 1. The fourth-order valence-electron chi connectivity index (χ4n) is 2.74. The zero-order valence-electron chi connectivity index (χ0n) is 11.3. The molecule has 1 unspecified atom stereocenters. The molecule has 1 aliphatic rings. The fraction of sp³-hybridized carbons (Fsp3) is 0.0556. The monoisotopic (exact) mass is 274 g/mol. The van der Waals surface area contributed by atoms with E-state index in [0.29, 0.717) is 5.84 Å². The smallest absolute Gasteiger partial charge is 0.140 e. The highest BCUT2D eigenvalue weighted by Gasteiger charge is 2.20. The van der Waals surface area contributed by atoms with Crippen molar-refractivity contribution < 1.29 is 5.11 Å². The van der Waals surface area contributed by atoms with Crippen molar-refractivity contribution in [3.05, 3.63) is 72.3 Å². The molecule has 0 bridgehead atoms. The molecule has 1 atom stereocenters. The highest BCUT2D eigenvalue weighted by atomic mass is 16.3. The van der Waals surface area contributed by atoms with E-state index in [0.717, 1.165) is 27.7 Å². The lowest BCUT2D eigenvalue weighted by Gasteiger charge is -2.22. The molecule has 0 fully saturated rings. The number of rotatable bonds is 2. The van der Waals surface area contributed by atoms with Crippen LogP contribution in [0, 0.1) is 0 Å². The first-order valence-corrected chi connectivity index (χ1v) is 6.93. The molecule has 0 radical (unpaired) electrons. The molecular formula is C18H14N2O. The van der Waals surface area contributed by atoms with Gasteiger partial charge in [0.15, 0.2) is 0 Å². The van der Waals surface area contributed by atoms with Crippen LogP contribution in [0.1, 0.15) is 11.7 Å². The lowest BCUT2D eigenvalue weighted by atomic mass is 10.0. The van der Waals surface area contributed by atoms with Crippen molar-refractivity contribution in [1.29, 1.82) is 0 Å². The lowest BCUT2D eigenvalue weighted by Crippen LogP contribution is -2.23. The number of benzene rings is 3. The summed E-state index contributed by atoms with van der Waals surface area (Å²) in [4.78, 5) is 4.60. The Balaban J connectivity index is 1.83. The maximum Gasteiger partial charge on any atom is 0.140 e. The van der Waals surface area contributed by atoms with Gasteiger partial charge in [0.25, 0.3) is 0 Å². The SMILES string of the molecule is OC(C1=Nc2cccc3cccc(c23)N1)c1ccccc1. The third-order valence-corrected chi connectivity index (χ3v) is 3.76. The molecule has 3 aromatic rings. The third-order valence-electron chi connectivity index (χ3n) is 3.76. The van der Waals surface area contributed by atoms with Crippen LogP contribution in [0.15, 0.2) is 71.7 Å². The maximum atomic E-state index is 10.5. The number of hydrogen-bond acceptors (Lipinski definition) is 3. The zero-order chi connectivity index (χ0) is 14.2. The summed E-state index contributed by atoms with van der Waals surface area (Å²) < 4.78 is 0. The molecule has 102 valence electrons. The summed E-state index contributed by atoms with van der Waals surface area (Å²) in [6, 6.07) is 21.7. The molecule has 0 spiro atoms. The number of hydrogen-bond donors (Lipinski definition) is 2. The number of aliphatic hydroxyl groups is 1. The Morgan fingerprint density at radius 1 is 0.857 bits per heavy atom. The number of anilines is 1. The van der Waals surface area contributed by atoms with E-state index in [2.05, 4.69) is 22.4 Å². The molecule has 0 saturated heterocycles. The minimum absolute atomic E-state index is 0.562. The van der Waals surface area contributed by atoms with E-state index in [1.165, 1.54) is 0 Å². The van der Waals surface area contributed by atoms with E-state index < -0.39 is 6.10 Å². The molecule has 3 nitrogen and oxygen atoms in total. The Morgan fingerprint density at radius 2 is 1.62 bits per heavy atom. The number of nitrogens with zero attached hydrogens (tertiary/aromatic N) is 1. The van der Waals surface area contributed by atoms with Crippen LogP contribution in [0.4, 0.5) is 11.4 Å². The minimum atomic E-state index is -0.755. The number of nitrogens with one attached hydrogen (secondary N) is 1. The normalized spacial score (nSPS) is 14.4. The van der Waals surface area contributed by atoms with Crippen LogP contribution in [0.5, 0.6) is 0 Å². The molecule has 21 heavy (non-hydrogen) atoms. The molecule has 3 heteroatoms. The van der Waals surface area contributed by atoms with Crippen LogP contribution in [0.3, 0.4) is 0 Å². The van der Waals surface area contributed by atoms with Crippen LogP contribution >= 0.6 is 0 Å². The molecule has 0 aliphatic carbocycles. The Morgan fingerprint density at radius 3 is 2.43 bits per heavy atom. The van der Waals surface area contributed by atoms with E-state index in [-0.39, 0.29) is 0 Å². The average Bonchev–Trinajstić information content (AvgIpc) is 2.55. The quantitative estimate of drug-likeness (QED) is 0.741. The topological polar surface area (TPSA) is 44.6 Å². The average molecular weight is 274 g/mol. The summed E-state index contributed by atoms with van der Waals surface area (Å²) in [6.07, 6.45) is -0.755. The molecule has 0 aromatic heterocycles. The van der Waals surface area contributed by atoms with Crippen LogP contribution < -0.4 is 5.32 Å². The van der Waals surface area contributed by atoms with E-state index in [9.17, 15) is 5.11 Å². The van der Waals surface area contributed by atoms with Crippen molar-refractivity contribution in [3.63, 3.8) is 0 Å². The van der Waals surface area contributed by atoms with Crippen LogP contribution in [0.2, 0.25) is 0 Å². The van der Waals surface area contributed by atoms with Crippen molar-refractivity contribution in [2.24, 2.45) is 4.99 Å². The van der Waals surface area contributed by atoms with Gasteiger partial charge in [-0.15, -0.1) is 0 Å². The summed E-state index contributed by atoms with van der Waals surface area (Å²) in [5, 5.41) is 16.0. The molecule has 1 aliphatic heterocycles. The Labute approximate surface area is 122 Å². The van der Waals surface area contributed by atoms with Crippen molar-refractivity contribution in [2.45, 2.75) is 6.10 Å². The fourth-order valence-corrected chi connectivity index (χ4v) is 2.74. The first-order valence-electron chi connectivity index (χ1n) is 6.93. The lowest BCUT2D eigenvalue weighted by molar-refractivity contribution is 0.247. The first-order chi connectivity index (χ1) is 10.3. The van der Waals surface area contributed by atoms with Crippen LogP contribution in [-0.2, 0) is 0 Å². The van der Waals surface area contributed by atoms with Gasteiger partial charge in [-0.3, -0.25) is 0 Å². The van der Waals surface area contributed by atoms with E-state index in [4.69, 9.17) is 0 Å². The molecule has 4 rings (SSSR count). The van der Waals surface area contributed by atoms with E-state index >= 15 is 0 Å². The van der Waals surface area contributed by atoms with Gasteiger partial charge in [-0.05, 0) is 23.1 Å². The predicted molar refractivity (Wildman–Crippen MR) is 86.1 cm³/mol. The summed E-state index contributed by atoms with van der Waals surface area (Å²) in [5.74, 6) is 0.562. The van der Waals surface area contributed by atoms with Gasteiger partial charge < -0.3 is 10.4 Å². The summed E-state index contributed by atoms with van der Waals surface area (Å²) >= 11 is 0. The molecular weight excluding hydrogens is 260 g/mol. The molecule has 0 amide bonds. The van der Waals surface area contributed by atoms with Crippen molar-refractivity contribution in [3.8, 4) is 0 Å². The first kappa shape index (κ1) is 12.1. The highest BCUT2D eigenvalue weighted by Crippen LogP contribution is 2.37. The van der Waals surface area contributed by atoms with Crippen LogP contribution in [0.25, 0.3) is 10.8 Å². The zero-order valence-corrected chi connectivity index (χ0v) is 11.3. The largest absolute Gasteiger partial charge is 0.380 e. The van der Waals surface area contributed by atoms with Gasteiger partial charge in [-0.1, -0.05) is 54.6 Å². The van der Waals surface area contributed by atoms with E-state index in [1.807, 2.05) is 54.6 Å². The second kappa shape index (κ2) is 4.72. The van der Waals surface area contributed by atoms with Gasteiger partial charge in [0.1, 0.15) is 11.9 Å². The van der Waals surface area contributed by atoms with Gasteiger partial charge in [-0.2, -0.15) is 0 Å². The number of amidine groups is 1. The maximum absolute atomic E-state index is 10.5. The molecule has 0 saturated carbocycles. The Bertz CT molecular complexity index is 835. The van der Waals surface area contributed by atoms with E-state index in [1.54, 1.807) is 0 Å². The second-order valence-corrected chi connectivity index (χ2v) is 5.12. The predicted octanol–water partition coefficient (Wildman–Crippen LogP) is 4.03. The van der Waals surface area contributed by atoms with Crippen molar-refractivity contribution >= 4 is 28.0 Å². The van der Waals surface area contributed by atoms with Gasteiger partial charge in [-0.25, -0.2) is 4.99 Å². The summed E-state index contributed by atoms with van der Waals surface area (Å²) in [7, 11) is 0. The van der Waals surface area contributed by atoms with Gasteiger partial charge in [0.2, 0.25) is 0 Å². The number of aliphatic imine (C=N–C) groups is 1. The third kappa shape index (κ3) is 1.99. The molecule has 3 aromatic carbocycles. The molecule has 2 N–H and O–H groups in total. The standard InChI is InChI=1S/C18H14N2O/c21-17(13-6-2-1-3-7-13)18-19-14-10-4-8-12-9-5-11-15(20-18)16(12)14/h1-11,17,21H,(H,19,20). The minimum Gasteiger partial charge on any atom is -0.380 e. The highest BCUT2D eigenvalue weighted by molar-refractivity contribution is 6.14. The van der Waals surface area contributed by atoms with Gasteiger partial charge in [0, 0.05) is 11.1 Å². The van der Waals surface area contributed by atoms with Crippen molar-refractivity contribution in [2.75, 3.05) is 5.32 Å². The Kier molecular flexibility index (Phi) is 2.72. The second-order valence-electron chi connectivity index (χ2n) is 5.12. The van der Waals surface area contributed by atoms with Crippen LogP contribution in [-0.4, -0.2) is 10.9 Å². The molecule has 1 heterocycles. The van der Waals surface area contributed by atoms with Crippen molar-refractivity contribution in [1.82, 2.24) is 0 Å². The van der Waals surface area contributed by atoms with Gasteiger partial charge in [0.05, 0.1) is 5.69 Å². The van der Waals surface area contributed by atoms with Gasteiger partial charge >= 0.3 is 0 Å². The summed E-state index contributed by atoms with van der Waals surface area (Å²) in [5.41, 5.74) is 2.71.